The van der Waals surface area contributed by atoms with Crippen LogP contribution in [-0.2, 0) is 16.1 Å². The monoisotopic (exact) mass is 359 g/mol. The molecule has 2 aromatic heterocycles. The number of ether oxygens (including phenoxy) is 3. The maximum Gasteiger partial charge on any atom is 0.344 e. The fourth-order valence-corrected chi connectivity index (χ4v) is 2.76. The summed E-state index contributed by atoms with van der Waals surface area (Å²) >= 11 is 1.55. The molecule has 1 aromatic carbocycles. The maximum absolute atomic E-state index is 11.8. The lowest BCUT2D eigenvalue weighted by atomic mass is 10.3. The van der Waals surface area contributed by atoms with E-state index in [0.29, 0.717) is 29.6 Å². The SMILES string of the molecule is CCOc1ccccc1OCC(=O)OCc1cc(-c2cccs2)on1. The Labute approximate surface area is 148 Å². The van der Waals surface area contributed by atoms with Gasteiger partial charge in [0.2, 0.25) is 0 Å². The lowest BCUT2D eigenvalue weighted by Crippen LogP contribution is -2.15. The van der Waals surface area contributed by atoms with Crippen LogP contribution >= 0.6 is 11.3 Å². The zero-order chi connectivity index (χ0) is 17.5. The van der Waals surface area contributed by atoms with Crippen LogP contribution in [0.4, 0.5) is 0 Å². The Bertz CT molecular complexity index is 813. The molecule has 0 spiro atoms. The molecule has 0 saturated heterocycles. The van der Waals surface area contributed by atoms with Gasteiger partial charge in [0.15, 0.2) is 23.9 Å². The zero-order valence-electron chi connectivity index (χ0n) is 13.6. The smallest absolute Gasteiger partial charge is 0.344 e. The predicted molar refractivity (Wildman–Crippen MR) is 92.7 cm³/mol. The lowest BCUT2D eigenvalue weighted by molar-refractivity contribution is -0.147. The molecule has 7 heteroatoms. The van der Waals surface area contributed by atoms with E-state index < -0.39 is 5.97 Å². The average molecular weight is 359 g/mol. The van der Waals surface area contributed by atoms with E-state index in [9.17, 15) is 4.79 Å². The topological polar surface area (TPSA) is 70.8 Å². The van der Waals surface area contributed by atoms with E-state index in [1.807, 2.05) is 36.6 Å². The summed E-state index contributed by atoms with van der Waals surface area (Å²) in [5, 5.41) is 5.85. The van der Waals surface area contributed by atoms with E-state index in [0.717, 1.165) is 4.88 Å². The first-order valence-corrected chi connectivity index (χ1v) is 8.64. The quantitative estimate of drug-likeness (QED) is 0.568. The second-order valence-corrected chi connectivity index (χ2v) is 5.94. The van der Waals surface area contributed by atoms with E-state index in [1.54, 1.807) is 29.5 Å². The Hall–Kier alpha value is -2.80. The molecule has 0 saturated carbocycles. The van der Waals surface area contributed by atoms with E-state index in [-0.39, 0.29) is 13.2 Å². The van der Waals surface area contributed by atoms with Crippen LogP contribution in [-0.4, -0.2) is 24.3 Å². The van der Waals surface area contributed by atoms with Crippen LogP contribution in [0.15, 0.2) is 52.4 Å². The lowest BCUT2D eigenvalue weighted by Gasteiger charge is -2.10. The number of esters is 1. The number of hydrogen-bond donors (Lipinski definition) is 0. The van der Waals surface area contributed by atoms with Crippen molar-refractivity contribution in [1.29, 1.82) is 0 Å². The standard InChI is InChI=1S/C18H17NO5S/c1-2-21-14-6-3-4-7-15(14)22-12-18(20)23-11-13-10-16(24-19-13)17-8-5-9-25-17/h3-10H,2,11-12H2,1H3. The van der Waals surface area contributed by atoms with Gasteiger partial charge in [-0.3, -0.25) is 0 Å². The van der Waals surface area contributed by atoms with Crippen LogP contribution < -0.4 is 9.47 Å². The van der Waals surface area contributed by atoms with E-state index in [4.69, 9.17) is 18.7 Å². The Morgan fingerprint density at radius 1 is 1.16 bits per heavy atom. The van der Waals surface area contributed by atoms with Crippen molar-refractivity contribution in [1.82, 2.24) is 5.16 Å². The maximum atomic E-state index is 11.8. The molecular formula is C18H17NO5S. The zero-order valence-corrected chi connectivity index (χ0v) is 14.5. The minimum Gasteiger partial charge on any atom is -0.490 e. The molecule has 0 aliphatic heterocycles. The molecule has 0 bridgehead atoms. The molecule has 0 N–H and O–H groups in total. The van der Waals surface area contributed by atoms with Crippen LogP contribution in [0.3, 0.4) is 0 Å². The number of rotatable bonds is 8. The van der Waals surface area contributed by atoms with E-state index in [2.05, 4.69) is 5.16 Å². The highest BCUT2D eigenvalue weighted by Gasteiger charge is 2.11. The highest BCUT2D eigenvalue weighted by molar-refractivity contribution is 7.13. The van der Waals surface area contributed by atoms with Crippen molar-refractivity contribution in [2.75, 3.05) is 13.2 Å². The summed E-state index contributed by atoms with van der Waals surface area (Å²) in [4.78, 5) is 12.8. The van der Waals surface area contributed by atoms with Gasteiger partial charge in [-0.1, -0.05) is 23.4 Å². The molecule has 0 aliphatic rings. The number of hydrogen-bond acceptors (Lipinski definition) is 7. The third-order valence-electron chi connectivity index (χ3n) is 3.20. The van der Waals surface area contributed by atoms with Crippen molar-refractivity contribution in [2.45, 2.75) is 13.5 Å². The second-order valence-electron chi connectivity index (χ2n) is 4.99. The van der Waals surface area contributed by atoms with Gasteiger partial charge in [0.25, 0.3) is 0 Å². The Morgan fingerprint density at radius 3 is 2.68 bits per heavy atom. The van der Waals surface area contributed by atoms with Gasteiger partial charge in [0, 0.05) is 6.07 Å². The van der Waals surface area contributed by atoms with Gasteiger partial charge in [-0.15, -0.1) is 11.3 Å². The highest BCUT2D eigenvalue weighted by Crippen LogP contribution is 2.27. The molecule has 25 heavy (non-hydrogen) atoms. The van der Waals surface area contributed by atoms with Gasteiger partial charge >= 0.3 is 5.97 Å². The van der Waals surface area contributed by atoms with Crippen molar-refractivity contribution < 1.29 is 23.5 Å². The van der Waals surface area contributed by atoms with Crippen molar-refractivity contribution in [3.8, 4) is 22.1 Å². The fourth-order valence-electron chi connectivity index (χ4n) is 2.09. The van der Waals surface area contributed by atoms with Crippen molar-refractivity contribution in [2.24, 2.45) is 0 Å². The number of aromatic nitrogens is 1. The van der Waals surface area contributed by atoms with Gasteiger partial charge in [-0.2, -0.15) is 0 Å². The Kier molecular flexibility index (Phi) is 5.69. The van der Waals surface area contributed by atoms with E-state index >= 15 is 0 Å². The van der Waals surface area contributed by atoms with Crippen LogP contribution in [0.1, 0.15) is 12.6 Å². The van der Waals surface area contributed by atoms with E-state index in [1.165, 1.54) is 0 Å². The number of carbonyl (C=O) groups is 1. The Balaban J connectivity index is 1.49. The molecule has 130 valence electrons. The number of carbonyl (C=O) groups excluding carboxylic acids is 1. The number of benzene rings is 1. The molecule has 3 rings (SSSR count). The highest BCUT2D eigenvalue weighted by atomic mass is 32.1. The average Bonchev–Trinajstić information content (AvgIpc) is 3.31. The molecule has 0 aliphatic carbocycles. The molecule has 0 atom stereocenters. The molecular weight excluding hydrogens is 342 g/mol. The van der Waals surface area contributed by atoms with Gasteiger partial charge in [0.1, 0.15) is 12.3 Å². The second kappa shape index (κ2) is 8.34. The number of para-hydroxylation sites is 2. The van der Waals surface area contributed by atoms with Crippen LogP contribution in [0.5, 0.6) is 11.5 Å². The van der Waals surface area contributed by atoms with Gasteiger partial charge in [-0.05, 0) is 30.5 Å². The molecule has 0 amide bonds. The van der Waals surface area contributed by atoms with Crippen molar-refractivity contribution in [3.05, 3.63) is 53.5 Å². The first-order chi connectivity index (χ1) is 12.3. The summed E-state index contributed by atoms with van der Waals surface area (Å²) in [6, 6.07) is 12.8. The largest absolute Gasteiger partial charge is 0.490 e. The van der Waals surface area contributed by atoms with Gasteiger partial charge in [0.05, 0.1) is 11.5 Å². The first kappa shape index (κ1) is 17.0. The third kappa shape index (κ3) is 4.60. The molecule has 0 unspecified atom stereocenters. The minimum absolute atomic E-state index is 0.0319. The molecule has 0 radical (unpaired) electrons. The molecule has 0 fully saturated rings. The van der Waals surface area contributed by atoms with Crippen LogP contribution in [0.25, 0.3) is 10.6 Å². The predicted octanol–water partition coefficient (Wildman–Crippen LogP) is 3.92. The molecule has 2 heterocycles. The summed E-state index contributed by atoms with van der Waals surface area (Å²) in [5.41, 5.74) is 0.548. The molecule has 6 nitrogen and oxygen atoms in total. The first-order valence-electron chi connectivity index (χ1n) is 7.76. The summed E-state index contributed by atoms with van der Waals surface area (Å²) in [6.07, 6.45) is 0. The summed E-state index contributed by atoms with van der Waals surface area (Å²) in [5.74, 6) is 1.26. The summed E-state index contributed by atoms with van der Waals surface area (Å²) in [6.45, 7) is 2.22. The van der Waals surface area contributed by atoms with Crippen molar-refractivity contribution >= 4 is 17.3 Å². The van der Waals surface area contributed by atoms with Crippen LogP contribution in [0.2, 0.25) is 0 Å². The fraction of sp³-hybridized carbons (Fsp3) is 0.222. The number of thiophene rings is 1. The van der Waals surface area contributed by atoms with Crippen LogP contribution in [0, 0.1) is 0 Å². The minimum atomic E-state index is -0.494. The third-order valence-corrected chi connectivity index (χ3v) is 4.08. The summed E-state index contributed by atoms with van der Waals surface area (Å²) in [7, 11) is 0. The van der Waals surface area contributed by atoms with Gasteiger partial charge < -0.3 is 18.7 Å². The number of nitrogens with zero attached hydrogens (tertiary/aromatic N) is 1. The Morgan fingerprint density at radius 2 is 1.96 bits per heavy atom. The normalized spacial score (nSPS) is 10.4. The molecule has 3 aromatic rings. The van der Waals surface area contributed by atoms with Gasteiger partial charge in [-0.25, -0.2) is 4.79 Å². The van der Waals surface area contributed by atoms with Crippen molar-refractivity contribution in [3.63, 3.8) is 0 Å². The summed E-state index contributed by atoms with van der Waals surface area (Å²) < 4.78 is 21.3.